The molecule has 0 aliphatic carbocycles. The SMILES string of the molecule is CCNC1CCOCC1Sc1ncn[nH]1. The summed E-state index contributed by atoms with van der Waals surface area (Å²) in [5, 5.41) is 11.5. The molecule has 0 aromatic carbocycles. The number of hydrogen-bond acceptors (Lipinski definition) is 5. The number of ether oxygens (including phenoxy) is 1. The van der Waals surface area contributed by atoms with E-state index in [1.807, 2.05) is 0 Å². The van der Waals surface area contributed by atoms with Crippen molar-refractivity contribution < 1.29 is 4.74 Å². The van der Waals surface area contributed by atoms with Crippen LogP contribution in [0.4, 0.5) is 0 Å². The van der Waals surface area contributed by atoms with Crippen molar-refractivity contribution >= 4 is 11.8 Å². The second-order valence-corrected chi connectivity index (χ2v) is 4.70. The van der Waals surface area contributed by atoms with E-state index >= 15 is 0 Å². The molecule has 6 heteroatoms. The number of rotatable bonds is 4. The monoisotopic (exact) mass is 228 g/mol. The van der Waals surface area contributed by atoms with E-state index < -0.39 is 0 Å². The van der Waals surface area contributed by atoms with Crippen LogP contribution in [0.1, 0.15) is 13.3 Å². The quantitative estimate of drug-likeness (QED) is 0.793. The lowest BCUT2D eigenvalue weighted by Crippen LogP contribution is -2.44. The Balaban J connectivity index is 1.92. The molecule has 1 aromatic heterocycles. The van der Waals surface area contributed by atoms with E-state index in [0.717, 1.165) is 31.3 Å². The van der Waals surface area contributed by atoms with Gasteiger partial charge in [-0.1, -0.05) is 18.7 Å². The molecular weight excluding hydrogens is 212 g/mol. The molecule has 5 nitrogen and oxygen atoms in total. The van der Waals surface area contributed by atoms with E-state index in [1.54, 1.807) is 11.8 Å². The zero-order chi connectivity index (χ0) is 10.5. The zero-order valence-electron chi connectivity index (χ0n) is 8.77. The van der Waals surface area contributed by atoms with Crippen molar-refractivity contribution in [2.24, 2.45) is 0 Å². The summed E-state index contributed by atoms with van der Waals surface area (Å²) in [6, 6.07) is 0.513. The van der Waals surface area contributed by atoms with E-state index in [9.17, 15) is 0 Å². The number of nitrogens with one attached hydrogen (secondary N) is 2. The van der Waals surface area contributed by atoms with Crippen molar-refractivity contribution in [3.63, 3.8) is 0 Å². The van der Waals surface area contributed by atoms with Crippen LogP contribution in [0, 0.1) is 0 Å². The van der Waals surface area contributed by atoms with Crippen LogP contribution in [-0.2, 0) is 4.74 Å². The molecule has 15 heavy (non-hydrogen) atoms. The first-order valence-corrected chi connectivity index (χ1v) is 6.11. The first-order chi connectivity index (χ1) is 7.40. The number of hydrogen-bond donors (Lipinski definition) is 2. The Hall–Kier alpha value is -0.590. The molecule has 2 unspecified atom stereocenters. The normalized spacial score (nSPS) is 26.7. The molecule has 1 saturated heterocycles. The Morgan fingerprint density at radius 2 is 2.67 bits per heavy atom. The molecule has 0 bridgehead atoms. The zero-order valence-corrected chi connectivity index (χ0v) is 9.59. The third-order valence-corrected chi connectivity index (χ3v) is 3.61. The second-order valence-electron chi connectivity index (χ2n) is 3.47. The average molecular weight is 228 g/mol. The Morgan fingerprint density at radius 1 is 1.73 bits per heavy atom. The van der Waals surface area contributed by atoms with Gasteiger partial charge in [-0.15, -0.1) is 0 Å². The van der Waals surface area contributed by atoms with Gasteiger partial charge in [0.05, 0.1) is 11.9 Å². The largest absolute Gasteiger partial charge is 0.380 e. The van der Waals surface area contributed by atoms with Crippen molar-refractivity contribution in [2.75, 3.05) is 19.8 Å². The standard InChI is InChI=1S/C9H16N4OS/c1-2-10-7-3-4-14-5-8(7)15-9-11-6-12-13-9/h6-8,10H,2-5H2,1H3,(H,11,12,13). The van der Waals surface area contributed by atoms with Crippen LogP contribution < -0.4 is 5.32 Å². The second kappa shape index (κ2) is 5.48. The van der Waals surface area contributed by atoms with Crippen molar-refractivity contribution in [3.05, 3.63) is 6.33 Å². The smallest absolute Gasteiger partial charge is 0.183 e. The topological polar surface area (TPSA) is 62.8 Å². The van der Waals surface area contributed by atoms with E-state index in [0.29, 0.717) is 11.3 Å². The first-order valence-electron chi connectivity index (χ1n) is 5.23. The molecule has 2 heterocycles. The minimum Gasteiger partial charge on any atom is -0.380 e. The molecule has 2 rings (SSSR count). The molecule has 1 aliphatic rings. The van der Waals surface area contributed by atoms with Crippen LogP contribution in [0.3, 0.4) is 0 Å². The lowest BCUT2D eigenvalue weighted by atomic mass is 10.1. The highest BCUT2D eigenvalue weighted by Gasteiger charge is 2.26. The van der Waals surface area contributed by atoms with Gasteiger partial charge in [0.2, 0.25) is 0 Å². The Morgan fingerprint density at radius 3 is 3.40 bits per heavy atom. The van der Waals surface area contributed by atoms with Crippen LogP contribution in [0.15, 0.2) is 11.5 Å². The predicted octanol–water partition coefficient (Wildman–Crippen LogP) is 0.664. The Labute approximate surface area is 93.4 Å². The van der Waals surface area contributed by atoms with Gasteiger partial charge in [0.15, 0.2) is 5.16 Å². The third-order valence-electron chi connectivity index (χ3n) is 2.43. The molecule has 0 spiro atoms. The number of aromatic nitrogens is 3. The Bertz CT molecular complexity index is 278. The lowest BCUT2D eigenvalue weighted by Gasteiger charge is -2.30. The summed E-state index contributed by atoms with van der Waals surface area (Å²) in [4.78, 5) is 4.12. The molecule has 1 aliphatic heterocycles. The molecule has 0 amide bonds. The third kappa shape index (κ3) is 2.93. The fourth-order valence-electron chi connectivity index (χ4n) is 1.72. The van der Waals surface area contributed by atoms with Gasteiger partial charge in [0.25, 0.3) is 0 Å². The van der Waals surface area contributed by atoms with Crippen LogP contribution in [0.2, 0.25) is 0 Å². The summed E-state index contributed by atoms with van der Waals surface area (Å²) in [5.74, 6) is 0. The van der Waals surface area contributed by atoms with Gasteiger partial charge < -0.3 is 10.1 Å². The summed E-state index contributed by atoms with van der Waals surface area (Å²) < 4.78 is 5.48. The minimum absolute atomic E-state index is 0.423. The van der Waals surface area contributed by atoms with Gasteiger partial charge in [0.1, 0.15) is 6.33 Å². The summed E-state index contributed by atoms with van der Waals surface area (Å²) >= 11 is 1.70. The molecule has 84 valence electrons. The lowest BCUT2D eigenvalue weighted by molar-refractivity contribution is 0.0836. The first kappa shape index (κ1) is 10.9. The predicted molar refractivity (Wildman–Crippen MR) is 58.9 cm³/mol. The summed E-state index contributed by atoms with van der Waals surface area (Å²) in [6.07, 6.45) is 2.61. The molecule has 1 aromatic rings. The number of aromatic amines is 1. The molecule has 0 radical (unpaired) electrons. The van der Waals surface area contributed by atoms with Gasteiger partial charge in [-0.25, -0.2) is 4.98 Å². The van der Waals surface area contributed by atoms with Gasteiger partial charge in [-0.05, 0) is 13.0 Å². The molecule has 2 atom stereocenters. The average Bonchev–Trinajstić information content (AvgIpc) is 2.74. The van der Waals surface area contributed by atoms with E-state index in [4.69, 9.17) is 4.74 Å². The van der Waals surface area contributed by atoms with E-state index in [2.05, 4.69) is 27.4 Å². The molecule has 0 saturated carbocycles. The maximum absolute atomic E-state index is 5.48. The highest BCUT2D eigenvalue weighted by molar-refractivity contribution is 7.99. The summed E-state index contributed by atoms with van der Waals surface area (Å²) in [5.41, 5.74) is 0. The van der Waals surface area contributed by atoms with Crippen LogP contribution in [-0.4, -0.2) is 46.2 Å². The van der Waals surface area contributed by atoms with Crippen LogP contribution >= 0.6 is 11.8 Å². The maximum atomic E-state index is 5.48. The number of thioether (sulfide) groups is 1. The fraction of sp³-hybridized carbons (Fsp3) is 0.778. The van der Waals surface area contributed by atoms with Crippen LogP contribution in [0.5, 0.6) is 0 Å². The van der Waals surface area contributed by atoms with Crippen molar-refractivity contribution in [1.29, 1.82) is 0 Å². The van der Waals surface area contributed by atoms with Gasteiger partial charge in [-0.2, -0.15) is 5.10 Å². The summed E-state index contributed by atoms with van der Waals surface area (Å²) in [6.45, 7) is 4.76. The van der Waals surface area contributed by atoms with Crippen molar-refractivity contribution in [2.45, 2.75) is 29.8 Å². The van der Waals surface area contributed by atoms with E-state index in [1.165, 1.54) is 6.33 Å². The Kier molecular flexibility index (Phi) is 3.99. The number of nitrogens with zero attached hydrogens (tertiary/aromatic N) is 2. The van der Waals surface area contributed by atoms with Gasteiger partial charge in [-0.3, -0.25) is 5.10 Å². The fourth-order valence-corrected chi connectivity index (χ4v) is 2.78. The van der Waals surface area contributed by atoms with Crippen molar-refractivity contribution in [1.82, 2.24) is 20.5 Å². The van der Waals surface area contributed by atoms with E-state index in [-0.39, 0.29) is 0 Å². The number of H-pyrrole nitrogens is 1. The maximum Gasteiger partial charge on any atom is 0.183 e. The van der Waals surface area contributed by atoms with Gasteiger partial charge in [0, 0.05) is 12.6 Å². The minimum atomic E-state index is 0.423. The van der Waals surface area contributed by atoms with Crippen molar-refractivity contribution in [3.8, 4) is 0 Å². The molecule has 1 fully saturated rings. The molecular formula is C9H16N4OS. The molecule has 2 N–H and O–H groups in total. The highest BCUT2D eigenvalue weighted by atomic mass is 32.2. The summed E-state index contributed by atoms with van der Waals surface area (Å²) in [7, 11) is 0. The van der Waals surface area contributed by atoms with Crippen LogP contribution in [0.25, 0.3) is 0 Å². The highest BCUT2D eigenvalue weighted by Crippen LogP contribution is 2.25. The van der Waals surface area contributed by atoms with Gasteiger partial charge >= 0.3 is 0 Å².